The van der Waals surface area contributed by atoms with E-state index in [4.69, 9.17) is 0 Å². The highest BCUT2D eigenvalue weighted by Crippen LogP contribution is 2.55. The molecule has 0 bridgehead atoms. The van der Waals surface area contributed by atoms with Crippen LogP contribution in [0, 0.1) is 5.41 Å². The number of rotatable bonds is 1. The molecule has 5 rings (SSSR count). The number of aromatic hydroxyl groups is 2. The SMILES string of the molecule is Oc1ccc2c(c1)CC1(C2)Cc2ccc(O)cc2C1=Cc1ccccc1. The van der Waals surface area contributed by atoms with E-state index >= 15 is 0 Å². The van der Waals surface area contributed by atoms with Crippen LogP contribution in [0.3, 0.4) is 0 Å². The van der Waals surface area contributed by atoms with Crippen LogP contribution < -0.4 is 0 Å². The van der Waals surface area contributed by atoms with E-state index in [1.54, 1.807) is 12.1 Å². The Kier molecular flexibility index (Phi) is 3.23. The number of phenolic OH excluding ortho intramolecular Hbond substituents is 2. The van der Waals surface area contributed by atoms with Crippen LogP contribution in [0.2, 0.25) is 0 Å². The van der Waals surface area contributed by atoms with Gasteiger partial charge in [0.2, 0.25) is 0 Å². The second kappa shape index (κ2) is 5.50. The molecule has 2 N–H and O–H groups in total. The van der Waals surface area contributed by atoms with E-state index in [1.165, 1.54) is 27.8 Å². The van der Waals surface area contributed by atoms with Crippen molar-refractivity contribution in [2.75, 3.05) is 0 Å². The van der Waals surface area contributed by atoms with Gasteiger partial charge in [0.15, 0.2) is 0 Å². The second-order valence-corrected chi connectivity index (χ2v) is 7.57. The lowest BCUT2D eigenvalue weighted by atomic mass is 9.77. The summed E-state index contributed by atoms with van der Waals surface area (Å²) in [6.45, 7) is 0. The number of hydrogen-bond acceptors (Lipinski definition) is 2. The van der Waals surface area contributed by atoms with Crippen LogP contribution in [0.1, 0.15) is 27.8 Å². The molecular formula is C24H20O2. The topological polar surface area (TPSA) is 40.5 Å². The maximum atomic E-state index is 10.1. The van der Waals surface area contributed by atoms with Crippen LogP contribution in [-0.4, -0.2) is 10.2 Å². The van der Waals surface area contributed by atoms with E-state index < -0.39 is 0 Å². The van der Waals surface area contributed by atoms with Gasteiger partial charge in [-0.3, -0.25) is 0 Å². The van der Waals surface area contributed by atoms with Crippen molar-refractivity contribution in [1.82, 2.24) is 0 Å². The van der Waals surface area contributed by atoms with Crippen LogP contribution in [-0.2, 0) is 19.3 Å². The Balaban J connectivity index is 1.67. The summed E-state index contributed by atoms with van der Waals surface area (Å²) in [5.74, 6) is 0.649. The van der Waals surface area contributed by atoms with Gasteiger partial charge in [-0.05, 0) is 76.9 Å². The van der Waals surface area contributed by atoms with E-state index in [2.05, 4.69) is 42.5 Å². The fraction of sp³-hybridized carbons (Fsp3) is 0.167. The molecule has 0 saturated carbocycles. The highest BCUT2D eigenvalue weighted by molar-refractivity contribution is 5.90. The standard InChI is InChI=1S/C24H20O2/c25-20-8-6-17-13-24(15-19(17)11-20)14-18-7-9-21(26)12-22(18)23(24)10-16-4-2-1-3-5-16/h1-12,25-26H,13-15H2. The van der Waals surface area contributed by atoms with Gasteiger partial charge in [-0.25, -0.2) is 0 Å². The summed E-state index contributed by atoms with van der Waals surface area (Å²) in [6, 6.07) is 21.9. The third-order valence-electron chi connectivity index (χ3n) is 5.84. The van der Waals surface area contributed by atoms with Gasteiger partial charge in [0.1, 0.15) is 11.5 Å². The highest BCUT2D eigenvalue weighted by Gasteiger charge is 2.45. The summed E-state index contributed by atoms with van der Waals surface area (Å²) in [5, 5.41) is 20.0. The summed E-state index contributed by atoms with van der Waals surface area (Å²) in [6.07, 6.45) is 5.13. The zero-order chi connectivity index (χ0) is 17.7. The smallest absolute Gasteiger partial charge is 0.116 e. The van der Waals surface area contributed by atoms with Crippen molar-refractivity contribution in [1.29, 1.82) is 0 Å². The average molecular weight is 340 g/mol. The molecule has 0 aromatic heterocycles. The molecule has 2 aliphatic rings. The van der Waals surface area contributed by atoms with Gasteiger partial charge in [0.05, 0.1) is 0 Å². The number of benzene rings is 3. The van der Waals surface area contributed by atoms with Gasteiger partial charge in [-0.2, -0.15) is 0 Å². The van der Waals surface area contributed by atoms with Crippen molar-refractivity contribution in [2.24, 2.45) is 5.41 Å². The van der Waals surface area contributed by atoms with Crippen molar-refractivity contribution in [3.63, 3.8) is 0 Å². The monoisotopic (exact) mass is 340 g/mol. The van der Waals surface area contributed by atoms with Gasteiger partial charge in [-0.15, -0.1) is 0 Å². The van der Waals surface area contributed by atoms with Crippen LogP contribution in [0.4, 0.5) is 0 Å². The zero-order valence-electron chi connectivity index (χ0n) is 14.4. The largest absolute Gasteiger partial charge is 0.508 e. The Bertz CT molecular complexity index is 1030. The lowest BCUT2D eigenvalue weighted by Crippen LogP contribution is -2.20. The van der Waals surface area contributed by atoms with E-state index in [-0.39, 0.29) is 5.41 Å². The van der Waals surface area contributed by atoms with Crippen LogP contribution >= 0.6 is 0 Å². The second-order valence-electron chi connectivity index (χ2n) is 7.57. The van der Waals surface area contributed by atoms with Crippen LogP contribution in [0.5, 0.6) is 11.5 Å². The molecule has 1 atom stereocenters. The Hall–Kier alpha value is -3.00. The van der Waals surface area contributed by atoms with E-state index in [1.807, 2.05) is 18.2 Å². The molecule has 0 heterocycles. The molecule has 1 unspecified atom stereocenters. The number of allylic oxidation sites excluding steroid dienone is 1. The predicted molar refractivity (Wildman–Crippen MR) is 104 cm³/mol. The van der Waals surface area contributed by atoms with Gasteiger partial charge in [0.25, 0.3) is 0 Å². The van der Waals surface area contributed by atoms with Crippen molar-refractivity contribution >= 4 is 11.6 Å². The molecule has 128 valence electrons. The molecule has 0 radical (unpaired) electrons. The number of hydrogen-bond donors (Lipinski definition) is 2. The first kappa shape index (κ1) is 15.3. The molecule has 0 fully saturated rings. The van der Waals surface area contributed by atoms with Crippen molar-refractivity contribution in [3.8, 4) is 11.5 Å². The third kappa shape index (κ3) is 2.33. The lowest BCUT2D eigenvalue weighted by molar-refractivity contribution is 0.441. The minimum Gasteiger partial charge on any atom is -0.508 e. The zero-order valence-corrected chi connectivity index (χ0v) is 14.4. The fourth-order valence-electron chi connectivity index (χ4n) is 4.72. The molecule has 3 aromatic carbocycles. The van der Waals surface area contributed by atoms with E-state index in [0.717, 1.165) is 24.8 Å². The van der Waals surface area contributed by atoms with E-state index in [0.29, 0.717) is 11.5 Å². The first-order valence-electron chi connectivity index (χ1n) is 9.03. The van der Waals surface area contributed by atoms with Crippen molar-refractivity contribution in [2.45, 2.75) is 19.3 Å². The van der Waals surface area contributed by atoms with Crippen molar-refractivity contribution < 1.29 is 10.2 Å². The Morgan fingerprint density at radius 3 is 2.15 bits per heavy atom. The fourth-order valence-corrected chi connectivity index (χ4v) is 4.72. The van der Waals surface area contributed by atoms with Gasteiger partial charge in [0, 0.05) is 5.41 Å². The number of fused-ring (bicyclic) bond motifs is 2. The Morgan fingerprint density at radius 1 is 0.692 bits per heavy atom. The quantitative estimate of drug-likeness (QED) is 0.656. The Labute approximate surface area is 153 Å². The summed E-state index contributed by atoms with van der Waals surface area (Å²) in [5.41, 5.74) is 7.48. The minimum atomic E-state index is 0.00208. The van der Waals surface area contributed by atoms with Crippen molar-refractivity contribution in [3.05, 3.63) is 94.5 Å². The minimum absolute atomic E-state index is 0.00208. The molecule has 3 aromatic rings. The first-order valence-corrected chi connectivity index (χ1v) is 9.03. The summed E-state index contributed by atoms with van der Waals surface area (Å²) in [7, 11) is 0. The van der Waals surface area contributed by atoms with Gasteiger partial charge < -0.3 is 10.2 Å². The molecular weight excluding hydrogens is 320 g/mol. The summed E-state index contributed by atoms with van der Waals surface area (Å²) in [4.78, 5) is 0. The molecule has 2 nitrogen and oxygen atoms in total. The van der Waals surface area contributed by atoms with Gasteiger partial charge >= 0.3 is 0 Å². The lowest BCUT2D eigenvalue weighted by Gasteiger charge is -2.26. The average Bonchev–Trinajstić information content (AvgIpc) is 3.13. The first-order chi connectivity index (χ1) is 12.6. The highest BCUT2D eigenvalue weighted by atomic mass is 16.3. The third-order valence-corrected chi connectivity index (χ3v) is 5.84. The normalized spacial score (nSPS) is 21.9. The molecule has 2 aliphatic carbocycles. The van der Waals surface area contributed by atoms with Gasteiger partial charge in [-0.1, -0.05) is 48.5 Å². The predicted octanol–water partition coefficient (Wildman–Crippen LogP) is 4.98. The molecule has 0 saturated heterocycles. The maximum Gasteiger partial charge on any atom is 0.116 e. The summed E-state index contributed by atoms with van der Waals surface area (Å²) < 4.78 is 0. The molecule has 0 amide bonds. The Morgan fingerprint density at radius 2 is 1.35 bits per heavy atom. The van der Waals surface area contributed by atoms with E-state index in [9.17, 15) is 10.2 Å². The molecule has 0 aliphatic heterocycles. The molecule has 1 spiro atoms. The molecule has 26 heavy (non-hydrogen) atoms. The maximum absolute atomic E-state index is 10.1. The molecule has 2 heteroatoms. The summed E-state index contributed by atoms with van der Waals surface area (Å²) >= 11 is 0. The van der Waals surface area contributed by atoms with Crippen LogP contribution in [0.25, 0.3) is 11.6 Å². The van der Waals surface area contributed by atoms with Crippen LogP contribution in [0.15, 0.2) is 66.7 Å². The number of phenols is 2.